The van der Waals surface area contributed by atoms with Gasteiger partial charge >= 0.3 is 6.18 Å². The number of methoxy groups -OCH3 is 1. The van der Waals surface area contributed by atoms with E-state index in [9.17, 15) is 13.2 Å². The smallest absolute Gasteiger partial charge is 0.383 e. The van der Waals surface area contributed by atoms with Gasteiger partial charge in [-0.2, -0.15) is 22.8 Å². The molecule has 1 aromatic heterocycles. The Morgan fingerprint density at radius 3 is 2.81 bits per heavy atom. The number of nitrogens with one attached hydrogen (secondary N) is 1. The lowest BCUT2D eigenvalue weighted by Crippen LogP contribution is -2.09. The van der Waals surface area contributed by atoms with Crippen molar-refractivity contribution in [1.82, 2.24) is 14.8 Å². The molecule has 0 aliphatic carbocycles. The Kier molecular flexibility index (Phi) is 4.32. The van der Waals surface area contributed by atoms with Gasteiger partial charge in [0.2, 0.25) is 11.9 Å². The average molecular weight is 301 g/mol. The van der Waals surface area contributed by atoms with Crippen molar-refractivity contribution in [2.45, 2.75) is 6.18 Å². The minimum Gasteiger partial charge on any atom is -0.383 e. The van der Waals surface area contributed by atoms with Crippen LogP contribution in [-0.2, 0) is 10.9 Å². The second-order valence-electron chi connectivity index (χ2n) is 4.17. The van der Waals surface area contributed by atoms with Crippen molar-refractivity contribution in [3.63, 3.8) is 0 Å². The van der Waals surface area contributed by atoms with Crippen LogP contribution in [0.2, 0.25) is 0 Å². The molecule has 21 heavy (non-hydrogen) atoms. The fraction of sp³-hybridized carbons (Fsp3) is 0.333. The second-order valence-corrected chi connectivity index (χ2v) is 4.17. The maximum absolute atomic E-state index is 12.7. The van der Waals surface area contributed by atoms with Gasteiger partial charge in [0.15, 0.2) is 0 Å². The molecule has 0 unspecified atom stereocenters. The zero-order valence-electron chi connectivity index (χ0n) is 11.2. The van der Waals surface area contributed by atoms with E-state index in [1.165, 1.54) is 12.1 Å². The fourth-order valence-electron chi connectivity index (χ4n) is 1.67. The summed E-state index contributed by atoms with van der Waals surface area (Å²) in [4.78, 5) is 3.93. The minimum atomic E-state index is -4.43. The van der Waals surface area contributed by atoms with Crippen molar-refractivity contribution >= 4 is 11.9 Å². The Labute approximate surface area is 118 Å². The summed E-state index contributed by atoms with van der Waals surface area (Å²) in [7, 11) is 1.55. The molecule has 0 saturated carbocycles. The molecule has 0 fully saturated rings. The van der Waals surface area contributed by atoms with E-state index < -0.39 is 11.7 Å². The summed E-state index contributed by atoms with van der Waals surface area (Å²) in [5.74, 6) is 0.219. The number of nitrogens with zero attached hydrogens (tertiary/aromatic N) is 3. The van der Waals surface area contributed by atoms with E-state index in [2.05, 4.69) is 15.4 Å². The molecule has 2 rings (SSSR count). The highest BCUT2D eigenvalue weighted by atomic mass is 19.4. The molecule has 0 bridgehead atoms. The summed E-state index contributed by atoms with van der Waals surface area (Å²) >= 11 is 0. The third-order valence-electron chi connectivity index (χ3n) is 2.64. The van der Waals surface area contributed by atoms with Crippen LogP contribution in [0.4, 0.5) is 25.1 Å². The van der Waals surface area contributed by atoms with Gasteiger partial charge in [0.1, 0.15) is 0 Å². The Bertz CT molecular complexity index is 611. The number of hydrogen-bond acceptors (Lipinski definition) is 5. The Morgan fingerprint density at radius 2 is 2.14 bits per heavy atom. The summed E-state index contributed by atoms with van der Waals surface area (Å²) < 4.78 is 44.1. The Balaban J connectivity index is 2.26. The minimum absolute atomic E-state index is 0.00533. The molecule has 0 radical (unpaired) electrons. The van der Waals surface area contributed by atoms with Crippen molar-refractivity contribution < 1.29 is 17.9 Å². The number of benzene rings is 1. The maximum Gasteiger partial charge on any atom is 0.416 e. The molecule has 6 nitrogen and oxygen atoms in total. The Hall–Kier alpha value is -2.29. The predicted molar refractivity (Wildman–Crippen MR) is 71.1 cm³/mol. The normalized spacial score (nSPS) is 11.6. The zero-order valence-corrected chi connectivity index (χ0v) is 11.2. The highest BCUT2D eigenvalue weighted by Crippen LogP contribution is 2.30. The van der Waals surface area contributed by atoms with Crippen molar-refractivity contribution in [2.75, 3.05) is 31.3 Å². The number of hydrogen-bond donors (Lipinski definition) is 2. The summed E-state index contributed by atoms with van der Waals surface area (Å²) in [5.41, 5.74) is 5.09. The van der Waals surface area contributed by atoms with Crippen LogP contribution in [0.3, 0.4) is 0 Å². The first-order valence-electron chi connectivity index (χ1n) is 6.05. The van der Waals surface area contributed by atoms with Gasteiger partial charge in [-0.1, -0.05) is 6.07 Å². The van der Waals surface area contributed by atoms with Crippen molar-refractivity contribution in [3.8, 4) is 5.69 Å². The zero-order chi connectivity index (χ0) is 15.5. The van der Waals surface area contributed by atoms with Crippen LogP contribution in [0.25, 0.3) is 5.69 Å². The third-order valence-corrected chi connectivity index (χ3v) is 2.64. The number of aromatic nitrogens is 3. The summed E-state index contributed by atoms with van der Waals surface area (Å²) in [6, 6.07) is 4.70. The van der Waals surface area contributed by atoms with Crippen LogP contribution in [0.15, 0.2) is 24.3 Å². The van der Waals surface area contributed by atoms with E-state index in [4.69, 9.17) is 10.5 Å². The molecule has 0 saturated heterocycles. The van der Waals surface area contributed by atoms with Crippen LogP contribution < -0.4 is 11.1 Å². The molecule has 1 aromatic carbocycles. The lowest BCUT2D eigenvalue weighted by atomic mass is 10.2. The topological polar surface area (TPSA) is 78.0 Å². The van der Waals surface area contributed by atoms with Gasteiger partial charge in [-0.15, -0.1) is 5.10 Å². The first kappa shape index (κ1) is 15.1. The van der Waals surface area contributed by atoms with Gasteiger partial charge < -0.3 is 15.8 Å². The first-order valence-corrected chi connectivity index (χ1v) is 6.05. The van der Waals surface area contributed by atoms with E-state index in [-0.39, 0.29) is 17.6 Å². The van der Waals surface area contributed by atoms with Crippen molar-refractivity contribution in [3.05, 3.63) is 29.8 Å². The number of halogens is 3. The summed E-state index contributed by atoms with van der Waals surface area (Å²) in [6.45, 7) is 0.903. The molecule has 9 heteroatoms. The van der Waals surface area contributed by atoms with E-state index in [1.54, 1.807) is 7.11 Å². The van der Waals surface area contributed by atoms with Crippen LogP contribution in [0.5, 0.6) is 0 Å². The first-order chi connectivity index (χ1) is 9.91. The SMILES string of the molecule is COCCNc1nc(N)n(-c2cccc(C(F)(F)F)c2)n1. The summed E-state index contributed by atoms with van der Waals surface area (Å²) in [6.07, 6.45) is -4.43. The second kappa shape index (κ2) is 6.00. The van der Waals surface area contributed by atoms with E-state index >= 15 is 0 Å². The molecule has 2 aromatic rings. The quantitative estimate of drug-likeness (QED) is 0.825. The highest BCUT2D eigenvalue weighted by Gasteiger charge is 2.30. The highest BCUT2D eigenvalue weighted by molar-refractivity contribution is 5.44. The molecule has 0 aliphatic rings. The van der Waals surface area contributed by atoms with Crippen molar-refractivity contribution in [1.29, 1.82) is 0 Å². The van der Waals surface area contributed by atoms with E-state index in [0.29, 0.717) is 13.2 Å². The average Bonchev–Trinajstić information content (AvgIpc) is 2.79. The molecule has 1 heterocycles. The van der Waals surface area contributed by atoms with Crippen LogP contribution >= 0.6 is 0 Å². The Morgan fingerprint density at radius 1 is 1.38 bits per heavy atom. The molecular weight excluding hydrogens is 287 g/mol. The van der Waals surface area contributed by atoms with Crippen LogP contribution in [0.1, 0.15) is 5.56 Å². The lowest BCUT2D eigenvalue weighted by molar-refractivity contribution is -0.137. The monoisotopic (exact) mass is 301 g/mol. The number of ether oxygens (including phenoxy) is 1. The summed E-state index contributed by atoms with van der Waals surface area (Å²) in [5, 5.41) is 6.87. The number of alkyl halides is 3. The number of nitrogen functional groups attached to an aromatic ring is 1. The van der Waals surface area contributed by atoms with Crippen molar-refractivity contribution in [2.24, 2.45) is 0 Å². The number of nitrogens with two attached hydrogens (primary N) is 1. The van der Waals surface area contributed by atoms with Gasteiger partial charge in [0, 0.05) is 13.7 Å². The molecule has 0 aliphatic heterocycles. The van der Waals surface area contributed by atoms with Gasteiger partial charge in [0.05, 0.1) is 17.9 Å². The van der Waals surface area contributed by atoms with Crippen LogP contribution in [-0.4, -0.2) is 35.0 Å². The number of anilines is 2. The molecule has 0 amide bonds. The lowest BCUT2D eigenvalue weighted by Gasteiger charge is -2.08. The third kappa shape index (κ3) is 3.63. The molecule has 0 spiro atoms. The van der Waals surface area contributed by atoms with E-state index in [1.807, 2.05) is 0 Å². The number of rotatable bonds is 5. The van der Waals surface area contributed by atoms with Gasteiger partial charge in [0.25, 0.3) is 0 Å². The maximum atomic E-state index is 12.7. The predicted octanol–water partition coefficient (Wildman–Crippen LogP) is 1.93. The molecule has 3 N–H and O–H groups in total. The molecule has 114 valence electrons. The molecule has 0 atom stereocenters. The largest absolute Gasteiger partial charge is 0.416 e. The van der Waals surface area contributed by atoms with Gasteiger partial charge in [-0.05, 0) is 18.2 Å². The van der Waals surface area contributed by atoms with Gasteiger partial charge in [-0.3, -0.25) is 0 Å². The fourth-order valence-corrected chi connectivity index (χ4v) is 1.67. The standard InChI is InChI=1S/C12H14F3N5O/c1-21-6-5-17-11-18-10(16)20(19-11)9-4-2-3-8(7-9)12(13,14)15/h2-4,7H,5-6H2,1H3,(H3,16,17,18,19). The van der Waals surface area contributed by atoms with E-state index in [0.717, 1.165) is 16.8 Å². The van der Waals surface area contributed by atoms with Gasteiger partial charge in [-0.25, -0.2) is 0 Å². The molecular formula is C12H14F3N5O. The van der Waals surface area contributed by atoms with Crippen LogP contribution in [0, 0.1) is 0 Å².